The Bertz CT molecular complexity index is 650. The maximum atomic E-state index is 12.1. The van der Waals surface area contributed by atoms with Crippen molar-refractivity contribution < 1.29 is 9.32 Å². The second kappa shape index (κ2) is 6.94. The summed E-state index contributed by atoms with van der Waals surface area (Å²) in [5.74, 6) is 0.982. The van der Waals surface area contributed by atoms with E-state index in [1.807, 2.05) is 12.1 Å². The van der Waals surface area contributed by atoms with Gasteiger partial charge in [0.1, 0.15) is 0 Å². The van der Waals surface area contributed by atoms with E-state index in [2.05, 4.69) is 15.8 Å². The third kappa shape index (κ3) is 3.67. The zero-order valence-electron chi connectivity index (χ0n) is 12.1. The molecule has 1 amide bonds. The van der Waals surface area contributed by atoms with Gasteiger partial charge in [-0.3, -0.25) is 4.79 Å². The average Bonchev–Trinajstić information content (AvgIpc) is 3.19. The number of aromatic nitrogens is 1. The maximum absolute atomic E-state index is 12.1. The Balaban J connectivity index is 1.57. The van der Waals surface area contributed by atoms with Gasteiger partial charge in [0.2, 0.25) is 0 Å². The molecule has 2 heterocycles. The van der Waals surface area contributed by atoms with E-state index in [0.29, 0.717) is 28.9 Å². The van der Waals surface area contributed by atoms with Crippen molar-refractivity contribution in [2.24, 2.45) is 5.92 Å². The van der Waals surface area contributed by atoms with Crippen molar-refractivity contribution >= 4 is 17.5 Å². The Morgan fingerprint density at radius 2 is 2.36 bits per heavy atom. The first-order chi connectivity index (χ1) is 10.7. The van der Waals surface area contributed by atoms with Crippen molar-refractivity contribution in [3.8, 4) is 11.3 Å². The molecule has 0 bridgehead atoms. The van der Waals surface area contributed by atoms with Gasteiger partial charge in [0.05, 0.1) is 0 Å². The molecule has 1 aliphatic rings. The molecular formula is C16H18ClN3O2. The Morgan fingerprint density at radius 3 is 3.14 bits per heavy atom. The van der Waals surface area contributed by atoms with Crippen molar-refractivity contribution in [1.82, 2.24) is 15.8 Å². The molecule has 1 atom stereocenters. The maximum Gasteiger partial charge on any atom is 0.273 e. The van der Waals surface area contributed by atoms with Crippen molar-refractivity contribution in [2.45, 2.75) is 12.8 Å². The number of nitrogens with zero attached hydrogens (tertiary/aromatic N) is 1. The van der Waals surface area contributed by atoms with Crippen LogP contribution in [0.25, 0.3) is 11.3 Å². The molecule has 22 heavy (non-hydrogen) atoms. The van der Waals surface area contributed by atoms with Crippen molar-refractivity contribution in [3.05, 3.63) is 41.0 Å². The Morgan fingerprint density at radius 1 is 1.45 bits per heavy atom. The lowest BCUT2D eigenvalue weighted by Crippen LogP contribution is -2.26. The first kappa shape index (κ1) is 15.1. The van der Waals surface area contributed by atoms with Crippen LogP contribution in [0.5, 0.6) is 0 Å². The largest absolute Gasteiger partial charge is 0.355 e. The van der Waals surface area contributed by atoms with Crippen LogP contribution in [0.2, 0.25) is 5.02 Å². The first-order valence-corrected chi connectivity index (χ1v) is 7.82. The van der Waals surface area contributed by atoms with Gasteiger partial charge in [0.25, 0.3) is 5.91 Å². The number of hydrogen-bond acceptors (Lipinski definition) is 4. The summed E-state index contributed by atoms with van der Waals surface area (Å²) < 4.78 is 5.23. The molecular weight excluding hydrogens is 302 g/mol. The monoisotopic (exact) mass is 319 g/mol. The number of carbonyl (C=O) groups excluding carboxylic acids is 1. The quantitative estimate of drug-likeness (QED) is 0.889. The molecule has 0 spiro atoms. The molecule has 1 aromatic heterocycles. The Hall–Kier alpha value is -1.85. The van der Waals surface area contributed by atoms with E-state index < -0.39 is 0 Å². The molecule has 5 nitrogen and oxygen atoms in total. The molecule has 1 saturated heterocycles. The van der Waals surface area contributed by atoms with Gasteiger partial charge in [-0.25, -0.2) is 0 Å². The van der Waals surface area contributed by atoms with E-state index >= 15 is 0 Å². The second-order valence-corrected chi connectivity index (χ2v) is 5.93. The fourth-order valence-corrected chi connectivity index (χ4v) is 2.79. The number of amides is 1. The summed E-state index contributed by atoms with van der Waals surface area (Å²) in [5.41, 5.74) is 1.09. The van der Waals surface area contributed by atoms with Crippen LogP contribution in [-0.4, -0.2) is 30.7 Å². The lowest BCUT2D eigenvalue weighted by atomic mass is 10.1. The fraction of sp³-hybridized carbons (Fsp3) is 0.375. The molecule has 3 rings (SSSR count). The van der Waals surface area contributed by atoms with Gasteiger partial charge < -0.3 is 15.2 Å². The zero-order valence-corrected chi connectivity index (χ0v) is 12.9. The van der Waals surface area contributed by atoms with Crippen LogP contribution in [0.3, 0.4) is 0 Å². The van der Waals surface area contributed by atoms with Gasteiger partial charge in [-0.1, -0.05) is 28.9 Å². The van der Waals surface area contributed by atoms with Crippen molar-refractivity contribution in [1.29, 1.82) is 0 Å². The molecule has 1 aliphatic heterocycles. The zero-order chi connectivity index (χ0) is 15.4. The van der Waals surface area contributed by atoms with Crippen LogP contribution in [-0.2, 0) is 0 Å². The summed E-state index contributed by atoms with van der Waals surface area (Å²) in [5, 5.41) is 10.7. The number of rotatable bonds is 5. The van der Waals surface area contributed by atoms with Crippen LogP contribution < -0.4 is 10.6 Å². The lowest BCUT2D eigenvalue weighted by molar-refractivity contribution is 0.0942. The summed E-state index contributed by atoms with van der Waals surface area (Å²) in [4.78, 5) is 12.1. The summed E-state index contributed by atoms with van der Waals surface area (Å²) in [7, 11) is 0. The number of halogens is 1. The van der Waals surface area contributed by atoms with Crippen LogP contribution in [0.4, 0.5) is 0 Å². The second-order valence-electron chi connectivity index (χ2n) is 5.49. The fourth-order valence-electron chi connectivity index (χ4n) is 2.60. The predicted octanol–water partition coefficient (Wildman–Crippen LogP) is 2.72. The van der Waals surface area contributed by atoms with E-state index in [0.717, 1.165) is 25.1 Å². The van der Waals surface area contributed by atoms with Gasteiger partial charge in [-0.05, 0) is 44.0 Å². The van der Waals surface area contributed by atoms with Gasteiger partial charge in [-0.15, -0.1) is 0 Å². The van der Waals surface area contributed by atoms with Gasteiger partial charge in [-0.2, -0.15) is 0 Å². The lowest BCUT2D eigenvalue weighted by Gasteiger charge is -2.07. The van der Waals surface area contributed by atoms with Crippen LogP contribution in [0.15, 0.2) is 34.9 Å². The molecule has 0 radical (unpaired) electrons. The van der Waals surface area contributed by atoms with Gasteiger partial charge in [0.15, 0.2) is 11.5 Å². The van der Waals surface area contributed by atoms with Crippen molar-refractivity contribution in [2.75, 3.05) is 19.6 Å². The van der Waals surface area contributed by atoms with Gasteiger partial charge in [0, 0.05) is 23.2 Å². The predicted molar refractivity (Wildman–Crippen MR) is 84.9 cm³/mol. The number of benzene rings is 1. The molecule has 0 saturated carbocycles. The summed E-state index contributed by atoms with van der Waals surface area (Å²) in [6.45, 7) is 2.77. The SMILES string of the molecule is O=C(NCCC1CCNC1)c1cc(-c2cccc(Cl)c2)on1. The Labute approximate surface area is 134 Å². The molecule has 1 fully saturated rings. The van der Waals surface area contributed by atoms with Crippen LogP contribution in [0, 0.1) is 5.92 Å². The first-order valence-electron chi connectivity index (χ1n) is 7.44. The Kier molecular flexibility index (Phi) is 4.75. The highest BCUT2D eigenvalue weighted by Crippen LogP contribution is 2.23. The molecule has 1 aromatic carbocycles. The standard InChI is InChI=1S/C16H18ClN3O2/c17-13-3-1-2-12(8-13)15-9-14(20-22-15)16(21)19-7-5-11-4-6-18-10-11/h1-3,8-9,11,18H,4-7,10H2,(H,19,21). The molecule has 116 valence electrons. The summed E-state index contributed by atoms with van der Waals surface area (Å²) in [6, 6.07) is 8.89. The van der Waals surface area contributed by atoms with E-state index in [1.54, 1.807) is 18.2 Å². The van der Waals surface area contributed by atoms with Gasteiger partial charge >= 0.3 is 0 Å². The third-order valence-corrected chi connectivity index (χ3v) is 4.09. The highest BCUT2D eigenvalue weighted by Gasteiger charge is 2.16. The minimum absolute atomic E-state index is 0.206. The normalized spacial score (nSPS) is 17.6. The number of hydrogen-bond donors (Lipinski definition) is 2. The van der Waals surface area contributed by atoms with Crippen LogP contribution in [0.1, 0.15) is 23.3 Å². The number of nitrogens with one attached hydrogen (secondary N) is 2. The molecule has 0 aliphatic carbocycles. The minimum Gasteiger partial charge on any atom is -0.355 e. The van der Waals surface area contributed by atoms with Crippen molar-refractivity contribution in [3.63, 3.8) is 0 Å². The minimum atomic E-state index is -0.206. The van der Waals surface area contributed by atoms with E-state index in [9.17, 15) is 4.79 Å². The molecule has 2 N–H and O–H groups in total. The number of carbonyl (C=O) groups is 1. The average molecular weight is 320 g/mol. The molecule has 2 aromatic rings. The highest BCUT2D eigenvalue weighted by atomic mass is 35.5. The van der Waals surface area contributed by atoms with E-state index in [1.165, 1.54) is 6.42 Å². The summed E-state index contributed by atoms with van der Waals surface area (Å²) >= 11 is 5.95. The smallest absolute Gasteiger partial charge is 0.273 e. The van der Waals surface area contributed by atoms with E-state index in [-0.39, 0.29) is 5.91 Å². The third-order valence-electron chi connectivity index (χ3n) is 3.85. The topological polar surface area (TPSA) is 67.2 Å². The highest BCUT2D eigenvalue weighted by molar-refractivity contribution is 6.30. The van der Waals surface area contributed by atoms with Crippen LogP contribution >= 0.6 is 11.6 Å². The molecule has 1 unspecified atom stereocenters. The summed E-state index contributed by atoms with van der Waals surface area (Å²) in [6.07, 6.45) is 2.16. The van der Waals surface area contributed by atoms with E-state index in [4.69, 9.17) is 16.1 Å². The molecule has 6 heteroatoms.